The molecule has 5 nitrogen and oxygen atoms in total. The van der Waals surface area contributed by atoms with E-state index < -0.39 is 8.97 Å². The minimum Gasteiger partial charge on any atom is -0.328 e. The van der Waals surface area contributed by atoms with Crippen LogP contribution >= 0.6 is 0 Å². The zero-order valence-electron chi connectivity index (χ0n) is 23.1. The fraction of sp³-hybridized carbons (Fsp3) is 1.00. The fourth-order valence-corrected chi connectivity index (χ4v) is 7.43. The van der Waals surface area contributed by atoms with Crippen LogP contribution < -0.4 is 5.32 Å². The molecule has 32 heavy (non-hydrogen) atoms. The highest BCUT2D eigenvalue weighted by molar-refractivity contribution is 6.52. The van der Waals surface area contributed by atoms with Gasteiger partial charge in [-0.2, -0.15) is 0 Å². The average Bonchev–Trinajstić information content (AvgIpc) is 2.77. The van der Waals surface area contributed by atoms with E-state index in [1.165, 1.54) is 89.9 Å². The molecule has 0 heterocycles. The molecule has 0 aromatic rings. The van der Waals surface area contributed by atoms with E-state index in [9.17, 15) is 0 Å². The van der Waals surface area contributed by atoms with Crippen LogP contribution in [0.1, 0.15) is 117 Å². The van der Waals surface area contributed by atoms with Gasteiger partial charge in [0.15, 0.2) is 0 Å². The molecular weight excluding hydrogens is 416 g/mol. The molecule has 0 aromatic carbocycles. The van der Waals surface area contributed by atoms with Crippen LogP contribution in [-0.2, 0) is 13.3 Å². The molecule has 0 saturated carbocycles. The van der Waals surface area contributed by atoms with Gasteiger partial charge in [-0.25, -0.2) is 0 Å². The van der Waals surface area contributed by atoms with Crippen molar-refractivity contribution in [1.29, 1.82) is 0 Å². The summed E-state index contributed by atoms with van der Waals surface area (Å²) in [6, 6.07) is 0. The number of nitrogens with one attached hydrogen (secondary N) is 1. The Morgan fingerprint density at radius 3 is 1.38 bits per heavy atom. The summed E-state index contributed by atoms with van der Waals surface area (Å²) in [5.74, 6) is 0.875. The second-order valence-corrected chi connectivity index (χ2v) is 13.8. The number of rotatable bonds is 23. The van der Waals surface area contributed by atoms with E-state index in [0.717, 1.165) is 18.9 Å². The van der Waals surface area contributed by atoms with E-state index in [1.54, 1.807) is 21.3 Å². The van der Waals surface area contributed by atoms with Crippen molar-refractivity contribution < 1.29 is 17.4 Å². The summed E-state index contributed by atoms with van der Waals surface area (Å²) in [5.41, 5.74) is 0. The summed E-state index contributed by atoms with van der Waals surface area (Å²) in [6.45, 7) is 7.92. The van der Waals surface area contributed by atoms with Gasteiger partial charge in [-0.3, -0.25) is 5.32 Å². The third-order valence-electron chi connectivity index (χ3n) is 6.98. The first-order valence-electron chi connectivity index (χ1n) is 13.5. The predicted octanol–water partition coefficient (Wildman–Crippen LogP) is 6.88. The van der Waals surface area contributed by atoms with Gasteiger partial charge in [-0.1, -0.05) is 104 Å². The van der Waals surface area contributed by atoms with E-state index in [-0.39, 0.29) is 6.17 Å². The van der Waals surface area contributed by atoms with Crippen LogP contribution in [0.4, 0.5) is 0 Å². The quantitative estimate of drug-likeness (QED) is 0.0993. The minimum atomic E-state index is -2.77. The van der Waals surface area contributed by atoms with Crippen molar-refractivity contribution in [2.24, 2.45) is 5.92 Å². The topological polar surface area (TPSA) is 39.7 Å². The molecular formula is C26H59N2O3Si+. The van der Waals surface area contributed by atoms with E-state index in [2.05, 4.69) is 40.2 Å². The van der Waals surface area contributed by atoms with Crippen LogP contribution in [0.3, 0.4) is 0 Å². The van der Waals surface area contributed by atoms with Gasteiger partial charge in [0, 0.05) is 34.3 Å². The maximum atomic E-state index is 5.75. The van der Waals surface area contributed by atoms with Gasteiger partial charge < -0.3 is 17.4 Å². The summed E-state index contributed by atoms with van der Waals surface area (Å²) in [4.78, 5) is 0. The van der Waals surface area contributed by atoms with E-state index in [1.807, 2.05) is 0 Å². The maximum absolute atomic E-state index is 5.75. The Labute approximate surface area is 203 Å². The maximum Gasteiger partial charge on any atom is 0.784 e. The highest BCUT2D eigenvalue weighted by Crippen LogP contribution is 2.23. The van der Waals surface area contributed by atoms with Gasteiger partial charge >= 0.3 is 8.97 Å². The molecule has 194 valence electrons. The van der Waals surface area contributed by atoms with Gasteiger partial charge in [0.25, 0.3) is 0 Å². The number of hydrogen-bond donors (Lipinski definition) is 1. The Morgan fingerprint density at radius 1 is 0.656 bits per heavy atom. The molecule has 0 aliphatic heterocycles. The molecule has 0 fully saturated rings. The standard InChI is InChI=1S/C26H59N2O3Si/c1-9-26(28(4,5)32(29-6,30-7)31-8)27-24-22-20-18-16-14-12-10-11-13-15-17-19-21-23-25(2)3/h25-27H,9-24H2,1-8H3/q+1. The van der Waals surface area contributed by atoms with Crippen molar-refractivity contribution in [2.75, 3.05) is 42.0 Å². The van der Waals surface area contributed by atoms with E-state index in [4.69, 9.17) is 13.3 Å². The molecule has 0 bridgehead atoms. The third kappa shape index (κ3) is 12.5. The molecule has 1 N–H and O–H groups in total. The molecule has 1 atom stereocenters. The first kappa shape index (κ1) is 32.0. The van der Waals surface area contributed by atoms with Crippen molar-refractivity contribution >= 4 is 8.97 Å². The smallest absolute Gasteiger partial charge is 0.328 e. The van der Waals surface area contributed by atoms with Gasteiger partial charge in [0.1, 0.15) is 6.17 Å². The molecule has 6 heteroatoms. The predicted molar refractivity (Wildman–Crippen MR) is 140 cm³/mol. The molecule has 0 radical (unpaired) electrons. The lowest BCUT2D eigenvalue weighted by molar-refractivity contribution is -0.849. The average molecular weight is 476 g/mol. The first-order chi connectivity index (χ1) is 15.3. The highest BCUT2D eigenvalue weighted by Gasteiger charge is 2.62. The molecule has 0 spiro atoms. The molecule has 0 aromatic heterocycles. The van der Waals surface area contributed by atoms with Crippen molar-refractivity contribution in [3.05, 3.63) is 0 Å². The third-order valence-corrected chi connectivity index (χ3v) is 10.3. The molecule has 0 rings (SSSR count). The molecule has 0 aliphatic carbocycles. The summed E-state index contributed by atoms with van der Waals surface area (Å²) in [5, 5.41) is 3.73. The fourth-order valence-electron chi connectivity index (χ4n) is 4.87. The second kappa shape index (κ2) is 19.3. The Bertz CT molecular complexity index is 410. The normalized spacial score (nSPS) is 13.8. The monoisotopic (exact) mass is 475 g/mol. The molecule has 1 unspecified atom stereocenters. The van der Waals surface area contributed by atoms with Crippen LogP contribution in [-0.4, -0.2) is 61.2 Å². The van der Waals surface area contributed by atoms with Crippen LogP contribution in [0, 0.1) is 5.92 Å². The van der Waals surface area contributed by atoms with Crippen LogP contribution in [0.25, 0.3) is 0 Å². The zero-order valence-corrected chi connectivity index (χ0v) is 24.1. The van der Waals surface area contributed by atoms with E-state index in [0.29, 0.717) is 4.15 Å². The lowest BCUT2D eigenvalue weighted by Gasteiger charge is -2.45. The summed E-state index contributed by atoms with van der Waals surface area (Å²) >= 11 is 0. The Kier molecular flexibility index (Phi) is 19.3. The SMILES string of the molecule is CCC(NCCCCCCCCCCCCCCCC(C)C)[N+](C)(C)[Si](OC)(OC)OC. The summed E-state index contributed by atoms with van der Waals surface area (Å²) < 4.78 is 17.8. The highest BCUT2D eigenvalue weighted by atomic mass is 28.4. The zero-order chi connectivity index (χ0) is 24.3. The Hall–Kier alpha value is 0.0169. The minimum absolute atomic E-state index is 0.261. The largest absolute Gasteiger partial charge is 0.784 e. The number of hydrogen-bond acceptors (Lipinski definition) is 4. The summed E-state index contributed by atoms with van der Waals surface area (Å²) in [6.07, 6.45) is 20.9. The molecule has 0 aliphatic rings. The lowest BCUT2D eigenvalue weighted by Crippen LogP contribution is -2.74. The van der Waals surface area contributed by atoms with Crippen molar-refractivity contribution in [3.63, 3.8) is 0 Å². The Morgan fingerprint density at radius 2 is 1.03 bits per heavy atom. The number of unbranched alkanes of at least 4 members (excludes halogenated alkanes) is 12. The van der Waals surface area contributed by atoms with Gasteiger partial charge in [-0.15, -0.1) is 0 Å². The van der Waals surface area contributed by atoms with Gasteiger partial charge in [0.2, 0.25) is 0 Å². The van der Waals surface area contributed by atoms with Gasteiger partial charge in [0.05, 0.1) is 14.1 Å². The molecule has 0 amide bonds. The number of nitrogens with zero attached hydrogens (tertiary/aromatic N) is 1. The summed E-state index contributed by atoms with van der Waals surface area (Å²) in [7, 11) is 6.62. The van der Waals surface area contributed by atoms with Crippen LogP contribution in [0.5, 0.6) is 0 Å². The number of quaternary nitrogens is 1. The van der Waals surface area contributed by atoms with Crippen molar-refractivity contribution in [3.8, 4) is 0 Å². The Balaban J connectivity index is 3.72. The second-order valence-electron chi connectivity index (χ2n) is 10.3. The molecule has 0 saturated heterocycles. The first-order valence-corrected chi connectivity index (χ1v) is 15.2. The lowest BCUT2D eigenvalue weighted by atomic mass is 10.0. The van der Waals surface area contributed by atoms with Crippen LogP contribution in [0.2, 0.25) is 0 Å². The van der Waals surface area contributed by atoms with Crippen LogP contribution in [0.15, 0.2) is 0 Å². The van der Waals surface area contributed by atoms with Gasteiger partial charge in [-0.05, 0) is 12.3 Å². The van der Waals surface area contributed by atoms with Crippen molar-refractivity contribution in [1.82, 2.24) is 5.32 Å². The van der Waals surface area contributed by atoms with E-state index >= 15 is 0 Å². The van der Waals surface area contributed by atoms with Crippen molar-refractivity contribution in [2.45, 2.75) is 123 Å².